The van der Waals surface area contributed by atoms with Gasteiger partial charge >= 0.3 is 0 Å². The van der Waals surface area contributed by atoms with E-state index >= 15 is 0 Å². The van der Waals surface area contributed by atoms with Crippen molar-refractivity contribution in [2.75, 3.05) is 11.9 Å². The maximum absolute atomic E-state index is 12.7. The molecule has 0 radical (unpaired) electrons. The standard InChI is InChI=1S/C14H13ClFNO/c15-13-4-2-1-3-12(13)14(18)9-17-11-7-5-10(16)6-8-11/h1-8,14,17-18H,9H2. The third-order valence-corrected chi connectivity index (χ3v) is 2.95. The molecule has 18 heavy (non-hydrogen) atoms. The van der Waals surface area contributed by atoms with E-state index in [1.165, 1.54) is 12.1 Å². The number of aliphatic hydroxyl groups excluding tert-OH is 1. The van der Waals surface area contributed by atoms with Crippen LogP contribution in [0.15, 0.2) is 48.5 Å². The second-order valence-electron chi connectivity index (χ2n) is 3.93. The first kappa shape index (κ1) is 12.9. The molecule has 0 saturated heterocycles. The lowest BCUT2D eigenvalue weighted by Crippen LogP contribution is -2.12. The molecular weight excluding hydrogens is 253 g/mol. The van der Waals surface area contributed by atoms with Crippen LogP contribution in [0.1, 0.15) is 11.7 Å². The number of halogens is 2. The molecule has 2 aromatic carbocycles. The monoisotopic (exact) mass is 265 g/mol. The Labute approximate surface area is 110 Å². The Kier molecular flexibility index (Phi) is 4.18. The van der Waals surface area contributed by atoms with Crippen LogP contribution in [0.4, 0.5) is 10.1 Å². The van der Waals surface area contributed by atoms with Crippen LogP contribution in [0.3, 0.4) is 0 Å². The summed E-state index contributed by atoms with van der Waals surface area (Å²) < 4.78 is 12.7. The predicted molar refractivity (Wildman–Crippen MR) is 71.3 cm³/mol. The Morgan fingerprint density at radius 1 is 1.11 bits per heavy atom. The van der Waals surface area contributed by atoms with Crippen LogP contribution >= 0.6 is 11.6 Å². The number of hydrogen-bond donors (Lipinski definition) is 2. The minimum absolute atomic E-state index is 0.285. The summed E-state index contributed by atoms with van der Waals surface area (Å²) in [6.45, 7) is 0.315. The van der Waals surface area contributed by atoms with Gasteiger partial charge in [-0.25, -0.2) is 4.39 Å². The van der Waals surface area contributed by atoms with Crippen molar-refractivity contribution in [1.29, 1.82) is 0 Å². The number of hydrogen-bond acceptors (Lipinski definition) is 2. The lowest BCUT2D eigenvalue weighted by molar-refractivity contribution is 0.192. The van der Waals surface area contributed by atoms with E-state index in [1.807, 2.05) is 12.1 Å². The van der Waals surface area contributed by atoms with Crippen LogP contribution in [0.2, 0.25) is 5.02 Å². The highest BCUT2D eigenvalue weighted by Gasteiger charge is 2.10. The summed E-state index contributed by atoms with van der Waals surface area (Å²) >= 11 is 5.98. The first-order chi connectivity index (χ1) is 8.66. The largest absolute Gasteiger partial charge is 0.387 e. The number of benzene rings is 2. The molecule has 1 atom stereocenters. The van der Waals surface area contributed by atoms with Crippen LogP contribution in [0.5, 0.6) is 0 Å². The van der Waals surface area contributed by atoms with Gasteiger partial charge in [0.2, 0.25) is 0 Å². The zero-order valence-electron chi connectivity index (χ0n) is 9.61. The van der Waals surface area contributed by atoms with Gasteiger partial charge in [0.15, 0.2) is 0 Å². The zero-order chi connectivity index (χ0) is 13.0. The van der Waals surface area contributed by atoms with E-state index in [-0.39, 0.29) is 5.82 Å². The summed E-state index contributed by atoms with van der Waals surface area (Å²) in [5.74, 6) is -0.285. The van der Waals surface area contributed by atoms with E-state index in [4.69, 9.17) is 11.6 Å². The van der Waals surface area contributed by atoms with Crippen LogP contribution in [-0.4, -0.2) is 11.7 Å². The van der Waals surface area contributed by atoms with Gasteiger partial charge in [0.05, 0.1) is 6.10 Å². The van der Waals surface area contributed by atoms with Crippen LogP contribution in [0, 0.1) is 5.82 Å². The minimum Gasteiger partial charge on any atom is -0.387 e. The van der Waals surface area contributed by atoms with E-state index in [9.17, 15) is 9.50 Å². The second kappa shape index (κ2) is 5.85. The Balaban J connectivity index is 1.98. The maximum atomic E-state index is 12.7. The summed E-state index contributed by atoms with van der Waals surface area (Å²) in [4.78, 5) is 0. The summed E-state index contributed by atoms with van der Waals surface area (Å²) in [6.07, 6.45) is -0.705. The molecule has 94 valence electrons. The molecule has 0 amide bonds. The quantitative estimate of drug-likeness (QED) is 0.885. The molecule has 0 aliphatic heterocycles. The third-order valence-electron chi connectivity index (χ3n) is 2.61. The lowest BCUT2D eigenvalue weighted by atomic mass is 10.1. The van der Waals surface area contributed by atoms with Gasteiger partial charge in [-0.1, -0.05) is 29.8 Å². The zero-order valence-corrected chi connectivity index (χ0v) is 10.4. The van der Waals surface area contributed by atoms with Gasteiger partial charge in [0.25, 0.3) is 0 Å². The number of aliphatic hydroxyl groups is 1. The maximum Gasteiger partial charge on any atom is 0.123 e. The molecule has 2 rings (SSSR count). The van der Waals surface area contributed by atoms with Crippen molar-refractivity contribution in [1.82, 2.24) is 0 Å². The molecule has 2 nitrogen and oxygen atoms in total. The van der Waals surface area contributed by atoms with Crippen molar-refractivity contribution in [3.05, 3.63) is 64.9 Å². The summed E-state index contributed by atoms with van der Waals surface area (Å²) in [6, 6.07) is 13.1. The van der Waals surface area contributed by atoms with Crippen molar-refractivity contribution < 1.29 is 9.50 Å². The molecule has 0 aliphatic carbocycles. The Hall–Kier alpha value is -1.58. The molecule has 0 aliphatic rings. The Morgan fingerprint density at radius 2 is 1.78 bits per heavy atom. The molecular formula is C14H13ClFNO. The molecule has 1 unspecified atom stereocenters. The van der Waals surface area contributed by atoms with Gasteiger partial charge in [0.1, 0.15) is 5.82 Å². The normalized spacial score (nSPS) is 12.2. The third kappa shape index (κ3) is 3.22. The highest BCUT2D eigenvalue weighted by molar-refractivity contribution is 6.31. The second-order valence-corrected chi connectivity index (χ2v) is 4.33. The van der Waals surface area contributed by atoms with Crippen LogP contribution in [0.25, 0.3) is 0 Å². The van der Waals surface area contributed by atoms with E-state index in [0.29, 0.717) is 17.1 Å². The predicted octanol–water partition coefficient (Wildman–Crippen LogP) is 3.62. The van der Waals surface area contributed by atoms with Gasteiger partial charge in [-0.05, 0) is 30.3 Å². The average Bonchev–Trinajstić information content (AvgIpc) is 2.38. The summed E-state index contributed by atoms with van der Waals surface area (Å²) in [5.41, 5.74) is 1.43. The van der Waals surface area contributed by atoms with Crippen molar-refractivity contribution in [3.63, 3.8) is 0 Å². The Bertz CT molecular complexity index is 515. The fraction of sp³-hybridized carbons (Fsp3) is 0.143. The highest BCUT2D eigenvalue weighted by Crippen LogP contribution is 2.22. The average molecular weight is 266 g/mol. The fourth-order valence-corrected chi connectivity index (χ4v) is 1.90. The first-order valence-corrected chi connectivity index (χ1v) is 5.96. The molecule has 0 saturated carbocycles. The van der Waals surface area contributed by atoms with Gasteiger partial charge in [0, 0.05) is 22.8 Å². The van der Waals surface area contributed by atoms with Crippen LogP contribution < -0.4 is 5.32 Å². The molecule has 0 heterocycles. The molecule has 2 N–H and O–H groups in total. The van der Waals surface area contributed by atoms with E-state index in [1.54, 1.807) is 24.3 Å². The first-order valence-electron chi connectivity index (χ1n) is 5.59. The SMILES string of the molecule is OC(CNc1ccc(F)cc1)c1ccccc1Cl. The fourth-order valence-electron chi connectivity index (χ4n) is 1.64. The van der Waals surface area contributed by atoms with Crippen LogP contribution in [-0.2, 0) is 0 Å². The molecule has 2 aromatic rings. The molecule has 0 aromatic heterocycles. The van der Waals surface area contributed by atoms with Gasteiger partial charge in [-0.15, -0.1) is 0 Å². The topological polar surface area (TPSA) is 32.3 Å². The smallest absolute Gasteiger partial charge is 0.123 e. The highest BCUT2D eigenvalue weighted by atomic mass is 35.5. The van der Waals surface area contributed by atoms with Gasteiger partial charge in [-0.2, -0.15) is 0 Å². The van der Waals surface area contributed by atoms with Crippen molar-refractivity contribution in [3.8, 4) is 0 Å². The van der Waals surface area contributed by atoms with Gasteiger partial charge in [-0.3, -0.25) is 0 Å². The van der Waals surface area contributed by atoms with E-state index < -0.39 is 6.10 Å². The van der Waals surface area contributed by atoms with Crippen molar-refractivity contribution >= 4 is 17.3 Å². The molecule has 0 bridgehead atoms. The Morgan fingerprint density at radius 3 is 2.44 bits per heavy atom. The summed E-state index contributed by atoms with van der Waals surface area (Å²) in [5, 5.41) is 13.6. The molecule has 0 spiro atoms. The molecule has 4 heteroatoms. The minimum atomic E-state index is -0.705. The van der Waals surface area contributed by atoms with E-state index in [0.717, 1.165) is 5.69 Å². The number of nitrogens with one attached hydrogen (secondary N) is 1. The van der Waals surface area contributed by atoms with Gasteiger partial charge < -0.3 is 10.4 Å². The number of anilines is 1. The number of rotatable bonds is 4. The van der Waals surface area contributed by atoms with Crippen molar-refractivity contribution in [2.24, 2.45) is 0 Å². The summed E-state index contributed by atoms with van der Waals surface area (Å²) in [7, 11) is 0. The van der Waals surface area contributed by atoms with E-state index in [2.05, 4.69) is 5.32 Å². The molecule has 0 fully saturated rings. The van der Waals surface area contributed by atoms with Crippen molar-refractivity contribution in [2.45, 2.75) is 6.10 Å². The lowest BCUT2D eigenvalue weighted by Gasteiger charge is -2.14.